The Morgan fingerprint density at radius 3 is 1.72 bits per heavy atom. The van der Waals surface area contributed by atoms with E-state index in [9.17, 15) is 0 Å². The van der Waals surface area contributed by atoms with Gasteiger partial charge in [0.05, 0.1) is 0 Å². The van der Waals surface area contributed by atoms with Crippen molar-refractivity contribution in [3.05, 3.63) is 11.6 Å². The lowest BCUT2D eigenvalue weighted by molar-refractivity contribution is 0.497. The molecule has 0 N–H and O–H groups in total. The van der Waals surface area contributed by atoms with Gasteiger partial charge >= 0.3 is 0 Å². The minimum Gasteiger partial charge on any atom is -0.0885 e. The highest BCUT2D eigenvalue weighted by Gasteiger charge is 2.02. The van der Waals surface area contributed by atoms with E-state index in [1.54, 1.807) is 5.57 Å². The molecule has 1 atom stereocenters. The first-order valence-corrected chi connectivity index (χ1v) is 7.38. The maximum absolute atomic E-state index is 2.37. The van der Waals surface area contributed by atoms with E-state index >= 15 is 0 Å². The molecule has 0 aliphatic heterocycles. The molecular formula is C18H44. The zero-order valence-electron chi connectivity index (χ0n) is 13.2. The van der Waals surface area contributed by atoms with Crippen molar-refractivity contribution in [1.82, 2.24) is 0 Å². The average molecular weight is 261 g/mol. The topological polar surface area (TPSA) is 0 Å². The van der Waals surface area contributed by atoms with Gasteiger partial charge in [-0.2, -0.15) is 0 Å². The van der Waals surface area contributed by atoms with Gasteiger partial charge in [-0.3, -0.25) is 0 Å². The molecular weight excluding hydrogens is 216 g/mol. The van der Waals surface area contributed by atoms with Crippen molar-refractivity contribution >= 4 is 0 Å². The van der Waals surface area contributed by atoms with Crippen LogP contribution in [0, 0.1) is 5.92 Å². The van der Waals surface area contributed by atoms with Crippen LogP contribution in [0.5, 0.6) is 0 Å². The van der Waals surface area contributed by atoms with Gasteiger partial charge in [0.1, 0.15) is 0 Å². The monoisotopic (exact) mass is 260 g/mol. The average Bonchev–Trinajstić information content (AvgIpc) is 2.38. The number of hydrogen-bond acceptors (Lipinski definition) is 0. The number of allylic oxidation sites excluding steroid dienone is 2. The van der Waals surface area contributed by atoms with Gasteiger partial charge in [-0.1, -0.05) is 94.2 Å². The van der Waals surface area contributed by atoms with Crippen LogP contribution in [0.1, 0.15) is 102 Å². The molecule has 0 heterocycles. The summed E-state index contributed by atoms with van der Waals surface area (Å²) in [6, 6.07) is 0. The summed E-state index contributed by atoms with van der Waals surface area (Å²) in [6.45, 7) is 17.0. The van der Waals surface area contributed by atoms with Gasteiger partial charge in [0, 0.05) is 0 Å². The Morgan fingerprint density at radius 2 is 1.44 bits per heavy atom. The summed E-state index contributed by atoms with van der Waals surface area (Å²) in [5.74, 6) is 0.885. The summed E-state index contributed by atoms with van der Waals surface area (Å²) < 4.78 is 0. The highest BCUT2D eigenvalue weighted by atomic mass is 14.1. The van der Waals surface area contributed by atoms with Crippen LogP contribution >= 0.6 is 0 Å². The van der Waals surface area contributed by atoms with E-state index in [0.717, 1.165) is 5.92 Å². The van der Waals surface area contributed by atoms with E-state index in [0.29, 0.717) is 0 Å². The molecule has 0 nitrogen and oxygen atoms in total. The molecule has 0 aliphatic carbocycles. The summed E-state index contributed by atoms with van der Waals surface area (Å²) in [5, 5.41) is 0. The fraction of sp³-hybridized carbons (Fsp3) is 0.889. The van der Waals surface area contributed by atoms with Crippen LogP contribution in [0.15, 0.2) is 11.6 Å². The first kappa shape index (κ1) is 30.6. The van der Waals surface area contributed by atoms with Gasteiger partial charge in [-0.05, 0) is 25.7 Å². The summed E-state index contributed by atoms with van der Waals surface area (Å²) in [7, 11) is 0. The molecule has 0 saturated carbocycles. The minimum atomic E-state index is 0. The van der Waals surface area contributed by atoms with Crippen LogP contribution in [0.3, 0.4) is 0 Å². The van der Waals surface area contributed by atoms with Crippen molar-refractivity contribution < 1.29 is 0 Å². The second kappa shape index (κ2) is 30.1. The maximum atomic E-state index is 2.37. The maximum Gasteiger partial charge on any atom is -0.0295 e. The van der Waals surface area contributed by atoms with Crippen LogP contribution < -0.4 is 0 Å². The number of unbranched alkanes of at least 4 members (excludes halogenated alkanes) is 1. The second-order valence-electron chi connectivity index (χ2n) is 3.75. The molecule has 0 fully saturated rings. The van der Waals surface area contributed by atoms with Crippen molar-refractivity contribution in [3.8, 4) is 0 Å². The molecule has 18 heavy (non-hydrogen) atoms. The van der Waals surface area contributed by atoms with Crippen molar-refractivity contribution in [1.29, 1.82) is 0 Å². The van der Waals surface area contributed by atoms with Crippen LogP contribution in [-0.2, 0) is 0 Å². The van der Waals surface area contributed by atoms with Gasteiger partial charge in [-0.15, -0.1) is 0 Å². The Hall–Kier alpha value is -0.260. The minimum absolute atomic E-state index is 0. The number of rotatable bonds is 6. The summed E-state index contributed by atoms with van der Waals surface area (Å²) >= 11 is 0. The third kappa shape index (κ3) is 24.8. The Bertz CT molecular complexity index is 122. The van der Waals surface area contributed by atoms with Gasteiger partial charge in [-0.25, -0.2) is 0 Å². The van der Waals surface area contributed by atoms with Crippen LogP contribution in [0.4, 0.5) is 0 Å². The quantitative estimate of drug-likeness (QED) is 0.426. The normalized spacial score (nSPS) is 10.6. The van der Waals surface area contributed by atoms with Crippen LogP contribution in [0.2, 0.25) is 0 Å². The SMILES string of the molecule is C.C.C/C=C(\CC)CC(C)CCCC.CC.CC. The van der Waals surface area contributed by atoms with Crippen LogP contribution in [-0.4, -0.2) is 0 Å². The standard InChI is InChI=1S/C12H24.2C2H6.2CH4/c1-5-8-9-11(4)10-12(6-2)7-3;2*1-2;;/h6,11H,5,7-10H2,1-4H3;2*1-2H3;2*1H4/b12-6+;;;;. The summed E-state index contributed by atoms with van der Waals surface area (Å²) in [6.07, 6.45) is 8.94. The molecule has 0 rings (SSSR count). The zero-order valence-corrected chi connectivity index (χ0v) is 13.2. The predicted octanol–water partition coefficient (Wildman–Crippen LogP) is 7.88. The lowest BCUT2D eigenvalue weighted by atomic mass is 9.95. The number of hydrogen-bond donors (Lipinski definition) is 0. The smallest absolute Gasteiger partial charge is 0.0295 e. The Kier molecular flexibility index (Phi) is 51.2. The van der Waals surface area contributed by atoms with Crippen molar-refractivity contribution in [2.45, 2.75) is 102 Å². The van der Waals surface area contributed by atoms with Gasteiger partial charge in [0.25, 0.3) is 0 Å². The van der Waals surface area contributed by atoms with Crippen molar-refractivity contribution in [3.63, 3.8) is 0 Å². The molecule has 0 saturated heterocycles. The molecule has 0 amide bonds. The second-order valence-corrected chi connectivity index (χ2v) is 3.75. The van der Waals surface area contributed by atoms with E-state index in [1.807, 2.05) is 27.7 Å². The van der Waals surface area contributed by atoms with E-state index < -0.39 is 0 Å². The molecule has 1 unspecified atom stereocenters. The molecule has 0 radical (unpaired) electrons. The van der Waals surface area contributed by atoms with E-state index in [1.165, 1.54) is 32.1 Å². The first-order chi connectivity index (χ1) is 7.74. The molecule has 0 aromatic carbocycles. The highest BCUT2D eigenvalue weighted by molar-refractivity contribution is 4.99. The Balaban J connectivity index is -0.0000000849. The molecule has 0 bridgehead atoms. The third-order valence-electron chi connectivity index (χ3n) is 2.52. The Morgan fingerprint density at radius 1 is 1.00 bits per heavy atom. The van der Waals surface area contributed by atoms with Crippen molar-refractivity contribution in [2.24, 2.45) is 5.92 Å². The van der Waals surface area contributed by atoms with Gasteiger partial charge < -0.3 is 0 Å². The molecule has 0 aliphatic rings. The van der Waals surface area contributed by atoms with Gasteiger partial charge in [0.2, 0.25) is 0 Å². The van der Waals surface area contributed by atoms with Gasteiger partial charge in [0.15, 0.2) is 0 Å². The predicted molar refractivity (Wildman–Crippen MR) is 93.5 cm³/mol. The fourth-order valence-corrected chi connectivity index (χ4v) is 1.57. The van der Waals surface area contributed by atoms with E-state index in [4.69, 9.17) is 0 Å². The van der Waals surface area contributed by atoms with E-state index in [-0.39, 0.29) is 14.9 Å². The fourth-order valence-electron chi connectivity index (χ4n) is 1.57. The summed E-state index contributed by atoms with van der Waals surface area (Å²) in [4.78, 5) is 0. The van der Waals surface area contributed by atoms with Crippen LogP contribution in [0.25, 0.3) is 0 Å². The molecule has 116 valence electrons. The van der Waals surface area contributed by atoms with Crippen molar-refractivity contribution in [2.75, 3.05) is 0 Å². The first-order valence-electron chi connectivity index (χ1n) is 7.38. The molecule has 0 spiro atoms. The molecule has 0 aromatic rings. The summed E-state index contributed by atoms with van der Waals surface area (Å²) in [5.41, 5.74) is 1.62. The lowest BCUT2D eigenvalue weighted by Gasteiger charge is -2.11. The highest BCUT2D eigenvalue weighted by Crippen LogP contribution is 2.19. The third-order valence-corrected chi connectivity index (χ3v) is 2.52. The largest absolute Gasteiger partial charge is 0.0885 e. The Labute approximate surface area is 120 Å². The molecule has 0 heteroatoms. The molecule has 0 aromatic heterocycles. The van der Waals surface area contributed by atoms with E-state index in [2.05, 4.69) is 33.8 Å². The lowest BCUT2D eigenvalue weighted by Crippen LogP contribution is -1.96. The zero-order chi connectivity index (χ0) is 13.4.